The van der Waals surface area contributed by atoms with E-state index in [2.05, 4.69) is 0 Å². The molecule has 0 aliphatic rings. The van der Waals surface area contributed by atoms with Gasteiger partial charge in [-0.05, 0) is 23.8 Å². The monoisotopic (exact) mass is 364 g/mol. The Bertz CT molecular complexity index is 1020. The van der Waals surface area contributed by atoms with Crippen molar-refractivity contribution in [2.45, 2.75) is 12.5 Å². The van der Waals surface area contributed by atoms with Crippen molar-refractivity contribution in [3.05, 3.63) is 71.9 Å². The molecule has 3 aromatic rings. The Morgan fingerprint density at radius 2 is 1.89 bits per heavy atom. The van der Waals surface area contributed by atoms with Crippen molar-refractivity contribution >= 4 is 28.9 Å². The highest BCUT2D eigenvalue weighted by atomic mass is 16.6. The number of carbonyl (C=O) groups is 2. The molecule has 0 bridgehead atoms. The summed E-state index contributed by atoms with van der Waals surface area (Å²) in [4.78, 5) is 24.0. The Morgan fingerprint density at radius 1 is 1.19 bits per heavy atom. The van der Waals surface area contributed by atoms with Gasteiger partial charge in [-0.25, -0.2) is 9.59 Å². The van der Waals surface area contributed by atoms with Gasteiger partial charge in [-0.15, -0.1) is 0 Å². The number of phenolic OH excluding ortho intramolecular Hbond substituents is 1. The predicted octanol–water partition coefficient (Wildman–Crippen LogP) is 2.54. The van der Waals surface area contributed by atoms with Gasteiger partial charge in [0.2, 0.25) is 0 Å². The molecule has 1 heterocycles. The molecule has 1 atom stereocenters. The quantitative estimate of drug-likeness (QED) is 0.412. The van der Waals surface area contributed by atoms with Gasteiger partial charge in [0.15, 0.2) is 0 Å². The van der Waals surface area contributed by atoms with Crippen molar-refractivity contribution in [3.63, 3.8) is 0 Å². The zero-order chi connectivity index (χ0) is 19.4. The second-order valence-electron chi connectivity index (χ2n) is 6.23. The maximum atomic E-state index is 12.1. The van der Waals surface area contributed by atoms with Crippen LogP contribution >= 0.6 is 0 Å². The molecule has 1 aromatic heterocycles. The van der Waals surface area contributed by atoms with E-state index in [0.29, 0.717) is 5.56 Å². The summed E-state index contributed by atoms with van der Waals surface area (Å²) in [5.74, 6) is -1.60. The average molecular weight is 364 g/mol. The minimum absolute atomic E-state index is 0.0283. The number of aromatic hydroxyl groups is 1. The van der Waals surface area contributed by atoms with Gasteiger partial charge >= 0.3 is 11.9 Å². The molecule has 2 aromatic carbocycles. The number of rotatable bonds is 5. The van der Waals surface area contributed by atoms with Gasteiger partial charge in [0, 0.05) is 42.2 Å². The summed E-state index contributed by atoms with van der Waals surface area (Å²) >= 11 is 0. The van der Waals surface area contributed by atoms with Gasteiger partial charge in [-0.3, -0.25) is 0 Å². The first kappa shape index (κ1) is 18.4. The molecule has 0 saturated carbocycles. The first-order valence-electron chi connectivity index (χ1n) is 8.46. The van der Waals surface area contributed by atoms with Crippen LogP contribution in [0.5, 0.6) is 5.75 Å². The first-order valence-corrected chi connectivity index (χ1v) is 8.46. The van der Waals surface area contributed by atoms with Crippen molar-refractivity contribution in [2.24, 2.45) is 12.8 Å². The highest BCUT2D eigenvalue weighted by Crippen LogP contribution is 2.21. The number of fused-ring (bicyclic) bond motifs is 1. The predicted molar refractivity (Wildman–Crippen MR) is 103 cm³/mol. The molecule has 6 heteroatoms. The van der Waals surface area contributed by atoms with Gasteiger partial charge in [0.1, 0.15) is 11.8 Å². The van der Waals surface area contributed by atoms with E-state index in [9.17, 15) is 14.7 Å². The van der Waals surface area contributed by atoms with Crippen molar-refractivity contribution in [3.8, 4) is 5.75 Å². The fourth-order valence-corrected chi connectivity index (χ4v) is 2.90. The number of esters is 2. The number of aryl methyl sites for hydroxylation is 1. The van der Waals surface area contributed by atoms with Crippen LogP contribution in [-0.2, 0) is 27.8 Å². The lowest BCUT2D eigenvalue weighted by atomic mass is 10.1. The fraction of sp³-hybridized carbons (Fsp3) is 0.143. The van der Waals surface area contributed by atoms with Gasteiger partial charge < -0.3 is 20.1 Å². The molecule has 3 rings (SSSR count). The van der Waals surface area contributed by atoms with E-state index >= 15 is 0 Å². The molecule has 6 nitrogen and oxygen atoms in total. The number of phenols is 1. The number of benzene rings is 2. The van der Waals surface area contributed by atoms with Gasteiger partial charge in [-0.1, -0.05) is 36.4 Å². The summed E-state index contributed by atoms with van der Waals surface area (Å²) in [5.41, 5.74) is 8.32. The van der Waals surface area contributed by atoms with Crippen LogP contribution < -0.4 is 5.73 Å². The maximum Gasteiger partial charge on any atom is 0.338 e. The summed E-state index contributed by atoms with van der Waals surface area (Å²) in [7, 11) is 1.92. The average Bonchev–Trinajstić information content (AvgIpc) is 2.97. The van der Waals surface area contributed by atoms with E-state index in [4.69, 9.17) is 10.5 Å². The van der Waals surface area contributed by atoms with Gasteiger partial charge in [-0.2, -0.15) is 0 Å². The highest BCUT2D eigenvalue weighted by molar-refractivity contribution is 5.96. The molecule has 0 radical (unpaired) electrons. The van der Waals surface area contributed by atoms with E-state index in [1.807, 2.05) is 42.1 Å². The molecule has 0 unspecified atom stereocenters. The molecule has 0 aliphatic carbocycles. The van der Waals surface area contributed by atoms with Crippen LogP contribution in [0, 0.1) is 0 Å². The van der Waals surface area contributed by atoms with Crippen molar-refractivity contribution < 1.29 is 19.4 Å². The van der Waals surface area contributed by atoms with Crippen LogP contribution in [0.25, 0.3) is 17.0 Å². The van der Waals surface area contributed by atoms with E-state index in [1.165, 1.54) is 12.1 Å². The Labute approximate surface area is 156 Å². The molecule has 27 heavy (non-hydrogen) atoms. The zero-order valence-electron chi connectivity index (χ0n) is 14.8. The Morgan fingerprint density at radius 3 is 2.67 bits per heavy atom. The zero-order valence-corrected chi connectivity index (χ0v) is 14.8. The minimum Gasteiger partial charge on any atom is -0.507 e. The van der Waals surface area contributed by atoms with Gasteiger partial charge in [0.05, 0.1) is 0 Å². The molecular weight excluding hydrogens is 344 g/mol. The van der Waals surface area contributed by atoms with E-state index < -0.39 is 18.0 Å². The van der Waals surface area contributed by atoms with Crippen LogP contribution in [0.15, 0.2) is 60.8 Å². The Balaban J connectivity index is 1.63. The fourth-order valence-electron chi connectivity index (χ4n) is 2.90. The molecule has 0 aliphatic heterocycles. The third-order valence-corrected chi connectivity index (χ3v) is 4.26. The second-order valence-corrected chi connectivity index (χ2v) is 6.23. The lowest BCUT2D eigenvalue weighted by molar-refractivity contribution is -0.157. The first-order chi connectivity index (χ1) is 13.0. The molecule has 0 saturated heterocycles. The maximum absolute atomic E-state index is 12.1. The molecule has 0 spiro atoms. The van der Waals surface area contributed by atoms with Crippen molar-refractivity contribution in [2.75, 3.05) is 0 Å². The summed E-state index contributed by atoms with van der Waals surface area (Å²) in [6.45, 7) is 0. The normalized spacial score (nSPS) is 12.4. The molecular formula is C21H20N2O4. The van der Waals surface area contributed by atoms with Gasteiger partial charge in [0.25, 0.3) is 0 Å². The third-order valence-electron chi connectivity index (χ3n) is 4.26. The van der Waals surface area contributed by atoms with Crippen molar-refractivity contribution in [1.29, 1.82) is 0 Å². The summed E-state index contributed by atoms with van der Waals surface area (Å²) in [6.07, 6.45) is 4.63. The number of hydrogen-bond acceptors (Lipinski definition) is 5. The minimum atomic E-state index is -0.960. The second kappa shape index (κ2) is 7.88. The van der Waals surface area contributed by atoms with Crippen LogP contribution in [0.3, 0.4) is 0 Å². The number of nitrogens with two attached hydrogens (primary N) is 1. The van der Waals surface area contributed by atoms with Crippen LogP contribution in [0.2, 0.25) is 0 Å². The summed E-state index contributed by atoms with van der Waals surface area (Å²) < 4.78 is 6.75. The number of aromatic nitrogens is 1. The van der Waals surface area contributed by atoms with E-state index in [1.54, 1.807) is 18.2 Å². The molecule has 138 valence electrons. The van der Waals surface area contributed by atoms with Crippen LogP contribution in [0.1, 0.15) is 11.1 Å². The number of nitrogens with zero attached hydrogens (tertiary/aromatic N) is 1. The van der Waals surface area contributed by atoms with E-state index in [0.717, 1.165) is 22.5 Å². The number of ether oxygens (including phenoxy) is 1. The largest absolute Gasteiger partial charge is 0.507 e. The summed E-state index contributed by atoms with van der Waals surface area (Å²) in [5, 5.41) is 10.7. The van der Waals surface area contributed by atoms with Crippen molar-refractivity contribution in [1.82, 2.24) is 4.57 Å². The number of carbonyl (C=O) groups excluding carboxylic acids is 2. The number of hydrogen-bond donors (Lipinski definition) is 2. The smallest absolute Gasteiger partial charge is 0.338 e. The number of para-hydroxylation sites is 2. The standard InChI is InChI=1S/C21H20N2O4/c1-23-13-15(16-7-3-4-8-18(16)23)12-17(22)21(26)27-20(25)11-10-14-6-2-5-9-19(14)24/h2-11,13,17,24H,12,22H2,1H3/t17-/m0/s1. The molecule has 0 fully saturated rings. The molecule has 0 amide bonds. The SMILES string of the molecule is Cn1cc(C[C@H](N)C(=O)OC(=O)C=Cc2ccccc2O)c2ccccc21. The third kappa shape index (κ3) is 4.24. The summed E-state index contributed by atoms with van der Waals surface area (Å²) in [6, 6.07) is 13.4. The lowest BCUT2D eigenvalue weighted by Gasteiger charge is -2.09. The Hall–Kier alpha value is -3.38. The van der Waals surface area contributed by atoms with Crippen LogP contribution in [0.4, 0.5) is 0 Å². The highest BCUT2D eigenvalue weighted by Gasteiger charge is 2.20. The Kier molecular flexibility index (Phi) is 5.38. The topological polar surface area (TPSA) is 94.5 Å². The lowest BCUT2D eigenvalue weighted by Crippen LogP contribution is -2.35. The van der Waals surface area contributed by atoms with Crippen LogP contribution in [-0.4, -0.2) is 27.7 Å². The van der Waals surface area contributed by atoms with E-state index in [-0.39, 0.29) is 12.2 Å². The molecule has 3 N–H and O–H groups in total.